The summed E-state index contributed by atoms with van der Waals surface area (Å²) < 4.78 is 0. The Balaban J connectivity index is 2.97. The maximum absolute atomic E-state index is 12.4. The zero-order valence-corrected chi connectivity index (χ0v) is 12.4. The summed E-state index contributed by atoms with van der Waals surface area (Å²) >= 11 is 0. The Kier molecular flexibility index (Phi) is 5.67. The zero-order chi connectivity index (χ0) is 14.4. The third-order valence-corrected chi connectivity index (χ3v) is 3.49. The van der Waals surface area contributed by atoms with Gasteiger partial charge in [0.2, 0.25) is 5.91 Å². The van der Waals surface area contributed by atoms with Crippen LogP contribution in [0.1, 0.15) is 27.7 Å². The number of benzene rings is 1. The van der Waals surface area contributed by atoms with Crippen LogP contribution in [0.2, 0.25) is 0 Å². The molecule has 0 saturated heterocycles. The van der Waals surface area contributed by atoms with E-state index in [1.807, 2.05) is 56.9 Å². The summed E-state index contributed by atoms with van der Waals surface area (Å²) in [5.74, 6) is 0.148. The topological polar surface area (TPSA) is 49.6 Å². The van der Waals surface area contributed by atoms with Gasteiger partial charge in [0.25, 0.3) is 0 Å². The molecule has 0 saturated carbocycles. The number of likely N-dealkylation sites (N-methyl/N-ethyl adjacent to an activating group) is 2. The Labute approximate surface area is 116 Å². The Hall–Kier alpha value is -1.71. The van der Waals surface area contributed by atoms with Crippen molar-refractivity contribution < 1.29 is 4.79 Å². The minimum absolute atomic E-state index is 0.148. The second-order valence-electron chi connectivity index (χ2n) is 4.53. The highest BCUT2D eigenvalue weighted by Gasteiger charge is 2.24. The summed E-state index contributed by atoms with van der Waals surface area (Å²) in [5.41, 5.74) is 7.65. The lowest BCUT2D eigenvalue weighted by Crippen LogP contribution is -2.47. The first kappa shape index (κ1) is 15.3. The van der Waals surface area contributed by atoms with Crippen molar-refractivity contribution in [1.82, 2.24) is 4.90 Å². The smallest absolute Gasteiger partial charge is 0.244 e. The summed E-state index contributed by atoms with van der Waals surface area (Å²) in [6.45, 7) is 10.2. The number of carbonyl (C=O) groups excluding carboxylic acids is 1. The fourth-order valence-corrected chi connectivity index (χ4v) is 2.33. The van der Waals surface area contributed by atoms with Gasteiger partial charge in [-0.2, -0.15) is 0 Å². The third kappa shape index (κ3) is 3.40. The molecule has 0 fully saturated rings. The molecule has 1 unspecified atom stereocenters. The number of hydrogen-bond donors (Lipinski definition) is 1. The second-order valence-corrected chi connectivity index (χ2v) is 4.53. The van der Waals surface area contributed by atoms with Gasteiger partial charge in [-0.1, -0.05) is 12.1 Å². The van der Waals surface area contributed by atoms with Crippen LogP contribution in [0.5, 0.6) is 0 Å². The number of carbonyl (C=O) groups is 1. The van der Waals surface area contributed by atoms with E-state index >= 15 is 0 Å². The number of amides is 1. The molecule has 1 atom stereocenters. The molecule has 4 heteroatoms. The van der Waals surface area contributed by atoms with Gasteiger partial charge in [-0.3, -0.25) is 4.79 Å². The molecule has 4 nitrogen and oxygen atoms in total. The van der Waals surface area contributed by atoms with E-state index in [1.165, 1.54) is 0 Å². The van der Waals surface area contributed by atoms with E-state index < -0.39 is 0 Å². The summed E-state index contributed by atoms with van der Waals surface area (Å²) in [4.78, 5) is 16.3. The number of nitrogen functional groups attached to an aromatic ring is 1. The largest absolute Gasteiger partial charge is 0.397 e. The first-order valence-electron chi connectivity index (χ1n) is 6.96. The standard InChI is InChI=1S/C15H25N3O/c1-5-17(6-2)15(19)12(4)18(7-3)14-11-9-8-10-13(14)16/h8-12H,5-7,16H2,1-4H3. The first-order valence-corrected chi connectivity index (χ1v) is 6.96. The van der Waals surface area contributed by atoms with Crippen LogP contribution in [-0.2, 0) is 4.79 Å². The Bertz CT molecular complexity index is 416. The molecule has 2 N–H and O–H groups in total. The van der Waals surface area contributed by atoms with Crippen molar-refractivity contribution in [3.8, 4) is 0 Å². The molecule has 1 amide bonds. The van der Waals surface area contributed by atoms with Crippen LogP contribution in [0.4, 0.5) is 11.4 Å². The predicted molar refractivity (Wildman–Crippen MR) is 81.3 cm³/mol. The second kappa shape index (κ2) is 7.02. The lowest BCUT2D eigenvalue weighted by atomic mass is 10.1. The van der Waals surface area contributed by atoms with Crippen LogP contribution >= 0.6 is 0 Å². The maximum atomic E-state index is 12.4. The van der Waals surface area contributed by atoms with E-state index in [1.54, 1.807) is 0 Å². The molecule has 0 aromatic heterocycles. The molecule has 0 aliphatic carbocycles. The summed E-state index contributed by atoms with van der Waals surface area (Å²) in [5, 5.41) is 0. The van der Waals surface area contributed by atoms with Crippen molar-refractivity contribution >= 4 is 17.3 Å². The number of nitrogens with two attached hydrogens (primary N) is 1. The molecule has 1 aromatic carbocycles. The van der Waals surface area contributed by atoms with Gasteiger partial charge in [-0.15, -0.1) is 0 Å². The molecular formula is C15H25N3O. The summed E-state index contributed by atoms with van der Waals surface area (Å²) in [7, 11) is 0. The van der Waals surface area contributed by atoms with Gasteiger partial charge >= 0.3 is 0 Å². The Morgan fingerprint density at radius 1 is 1.16 bits per heavy atom. The van der Waals surface area contributed by atoms with Crippen molar-refractivity contribution in [1.29, 1.82) is 0 Å². The number of para-hydroxylation sites is 2. The fraction of sp³-hybridized carbons (Fsp3) is 0.533. The SMILES string of the molecule is CCN(CC)C(=O)C(C)N(CC)c1ccccc1N. The highest BCUT2D eigenvalue weighted by molar-refractivity contribution is 5.86. The molecular weight excluding hydrogens is 238 g/mol. The molecule has 0 bridgehead atoms. The molecule has 106 valence electrons. The van der Waals surface area contributed by atoms with E-state index in [2.05, 4.69) is 4.90 Å². The maximum Gasteiger partial charge on any atom is 0.244 e. The normalized spacial score (nSPS) is 12.0. The lowest BCUT2D eigenvalue weighted by molar-refractivity contribution is -0.131. The van der Waals surface area contributed by atoms with Gasteiger partial charge in [0.05, 0.1) is 11.4 Å². The average Bonchev–Trinajstić information content (AvgIpc) is 2.42. The minimum atomic E-state index is -0.199. The Morgan fingerprint density at radius 2 is 1.74 bits per heavy atom. The van der Waals surface area contributed by atoms with Crippen LogP contribution in [0.25, 0.3) is 0 Å². The Morgan fingerprint density at radius 3 is 2.21 bits per heavy atom. The molecule has 0 spiro atoms. The zero-order valence-electron chi connectivity index (χ0n) is 12.4. The molecule has 0 heterocycles. The van der Waals surface area contributed by atoms with Crippen molar-refractivity contribution in [2.75, 3.05) is 30.3 Å². The van der Waals surface area contributed by atoms with Crippen molar-refractivity contribution in [2.45, 2.75) is 33.7 Å². The van der Waals surface area contributed by atoms with Gasteiger partial charge in [-0.05, 0) is 39.8 Å². The number of nitrogens with zero attached hydrogens (tertiary/aromatic N) is 2. The quantitative estimate of drug-likeness (QED) is 0.802. The molecule has 19 heavy (non-hydrogen) atoms. The van der Waals surface area contributed by atoms with Crippen molar-refractivity contribution in [3.63, 3.8) is 0 Å². The van der Waals surface area contributed by atoms with E-state index in [0.29, 0.717) is 5.69 Å². The van der Waals surface area contributed by atoms with E-state index in [9.17, 15) is 4.79 Å². The molecule has 1 aromatic rings. The van der Waals surface area contributed by atoms with Crippen molar-refractivity contribution in [3.05, 3.63) is 24.3 Å². The fourth-order valence-electron chi connectivity index (χ4n) is 2.33. The van der Waals surface area contributed by atoms with E-state index in [4.69, 9.17) is 5.73 Å². The van der Waals surface area contributed by atoms with Gasteiger partial charge in [0, 0.05) is 19.6 Å². The van der Waals surface area contributed by atoms with Crippen LogP contribution in [0.3, 0.4) is 0 Å². The number of anilines is 2. The highest BCUT2D eigenvalue weighted by atomic mass is 16.2. The monoisotopic (exact) mass is 263 g/mol. The van der Waals surface area contributed by atoms with Crippen molar-refractivity contribution in [2.24, 2.45) is 0 Å². The lowest BCUT2D eigenvalue weighted by Gasteiger charge is -2.33. The van der Waals surface area contributed by atoms with Gasteiger partial charge in [0.1, 0.15) is 6.04 Å². The molecule has 0 radical (unpaired) electrons. The van der Waals surface area contributed by atoms with Crippen LogP contribution in [0, 0.1) is 0 Å². The van der Waals surface area contributed by atoms with Gasteiger partial charge < -0.3 is 15.5 Å². The summed E-state index contributed by atoms with van der Waals surface area (Å²) in [6.07, 6.45) is 0. The first-order chi connectivity index (χ1) is 9.06. The third-order valence-electron chi connectivity index (χ3n) is 3.49. The van der Waals surface area contributed by atoms with Crippen LogP contribution < -0.4 is 10.6 Å². The summed E-state index contributed by atoms with van der Waals surface area (Å²) in [6, 6.07) is 7.49. The van der Waals surface area contributed by atoms with Gasteiger partial charge in [-0.25, -0.2) is 0 Å². The predicted octanol–water partition coefficient (Wildman–Crippen LogP) is 2.35. The number of hydrogen-bond acceptors (Lipinski definition) is 3. The minimum Gasteiger partial charge on any atom is -0.397 e. The van der Waals surface area contributed by atoms with Crippen LogP contribution in [-0.4, -0.2) is 36.5 Å². The molecule has 0 aliphatic rings. The van der Waals surface area contributed by atoms with E-state index in [0.717, 1.165) is 25.3 Å². The molecule has 1 rings (SSSR count). The van der Waals surface area contributed by atoms with Crippen LogP contribution in [0.15, 0.2) is 24.3 Å². The highest BCUT2D eigenvalue weighted by Crippen LogP contribution is 2.24. The average molecular weight is 263 g/mol. The number of rotatable bonds is 6. The van der Waals surface area contributed by atoms with E-state index in [-0.39, 0.29) is 11.9 Å². The molecule has 0 aliphatic heterocycles. The van der Waals surface area contributed by atoms with Gasteiger partial charge in [0.15, 0.2) is 0 Å².